The van der Waals surface area contributed by atoms with E-state index in [0.29, 0.717) is 0 Å². The Bertz CT molecular complexity index is 1350. The van der Waals surface area contributed by atoms with Crippen molar-refractivity contribution < 1.29 is 9.47 Å². The van der Waals surface area contributed by atoms with E-state index in [1.807, 2.05) is 0 Å². The maximum Gasteiger partial charge on any atom is 0.208 e. The van der Waals surface area contributed by atoms with E-state index in [1.54, 1.807) is 0 Å². The summed E-state index contributed by atoms with van der Waals surface area (Å²) >= 11 is 0. The van der Waals surface area contributed by atoms with E-state index in [0.717, 1.165) is 29.4 Å². The average Bonchev–Trinajstić information content (AvgIpc) is 2.96. The molecule has 2 aliphatic rings. The largest absolute Gasteiger partial charge is 0.447 e. The molecule has 38 heavy (non-hydrogen) atoms. The number of allylic oxidation sites excluding steroid dienone is 1. The minimum atomic E-state index is -0.211. The van der Waals surface area contributed by atoms with E-state index in [-0.39, 0.29) is 21.8 Å². The topological polar surface area (TPSA) is 18.5 Å². The Labute approximate surface area is 232 Å². The Morgan fingerprint density at radius 2 is 0.974 bits per heavy atom. The van der Waals surface area contributed by atoms with Gasteiger partial charge in [-0.3, -0.25) is 0 Å². The van der Waals surface area contributed by atoms with Gasteiger partial charge < -0.3 is 9.47 Å². The minimum Gasteiger partial charge on any atom is -0.447 e. The first-order valence-corrected chi connectivity index (χ1v) is 16.2. The summed E-state index contributed by atoms with van der Waals surface area (Å²) in [4.78, 5) is 6.64. The lowest BCUT2D eigenvalue weighted by Gasteiger charge is -2.22. The molecule has 2 heterocycles. The highest BCUT2D eigenvalue weighted by Crippen LogP contribution is 2.50. The van der Waals surface area contributed by atoms with Crippen molar-refractivity contribution in [2.75, 3.05) is 0 Å². The van der Waals surface area contributed by atoms with Crippen LogP contribution < -0.4 is 9.47 Å². The van der Waals surface area contributed by atoms with Crippen LogP contribution in [0.25, 0.3) is 0 Å². The fourth-order valence-corrected chi connectivity index (χ4v) is 9.99. The summed E-state index contributed by atoms with van der Waals surface area (Å²) in [7, 11) is -0.405. The third kappa shape index (κ3) is 5.12. The molecule has 4 heteroatoms. The van der Waals surface area contributed by atoms with E-state index < -0.39 is 0 Å². The molecule has 0 spiro atoms. The highest BCUT2D eigenvalue weighted by atomic mass is 32.2. The van der Waals surface area contributed by atoms with Crippen LogP contribution in [0.3, 0.4) is 0 Å². The third-order valence-electron chi connectivity index (χ3n) is 7.04. The van der Waals surface area contributed by atoms with Gasteiger partial charge in [0.2, 0.25) is 19.6 Å². The maximum atomic E-state index is 6.39. The van der Waals surface area contributed by atoms with Crippen LogP contribution in [0.15, 0.2) is 127 Å². The average molecular weight is 539 g/mol. The van der Waals surface area contributed by atoms with Crippen LogP contribution in [0.5, 0.6) is 23.0 Å². The molecule has 0 amide bonds. The molecule has 0 radical (unpaired) electrons. The SMILES string of the molecule is CCCCCCCC/C(=C\[S+]1c2ccccc2Oc2ccccc21)[S+]1c2ccccc2Oc2ccccc21. The second-order valence-electron chi connectivity index (χ2n) is 9.74. The van der Waals surface area contributed by atoms with Gasteiger partial charge >= 0.3 is 0 Å². The Hall–Kier alpha value is -3.08. The first kappa shape index (κ1) is 25.2. The number of ether oxygens (including phenoxy) is 2. The molecule has 4 aromatic rings. The van der Waals surface area contributed by atoms with Crippen molar-refractivity contribution in [2.45, 2.75) is 71.5 Å². The molecule has 2 aliphatic heterocycles. The predicted octanol–water partition coefficient (Wildman–Crippen LogP) is 10.3. The minimum absolute atomic E-state index is 0.194. The van der Waals surface area contributed by atoms with Crippen LogP contribution in [0.4, 0.5) is 0 Å². The van der Waals surface area contributed by atoms with Crippen LogP contribution in [0.1, 0.15) is 51.9 Å². The van der Waals surface area contributed by atoms with Gasteiger partial charge in [0.15, 0.2) is 33.3 Å². The summed E-state index contributed by atoms with van der Waals surface area (Å²) in [6, 6.07) is 34.3. The van der Waals surface area contributed by atoms with Gasteiger partial charge in [-0.05, 0) is 55.0 Å². The predicted molar refractivity (Wildman–Crippen MR) is 160 cm³/mol. The Morgan fingerprint density at radius 1 is 0.553 bits per heavy atom. The van der Waals surface area contributed by atoms with Gasteiger partial charge in [-0.25, -0.2) is 0 Å². The van der Waals surface area contributed by atoms with Gasteiger partial charge in [-0.15, -0.1) is 0 Å². The van der Waals surface area contributed by atoms with Gasteiger partial charge in [-0.1, -0.05) is 87.6 Å². The normalized spacial score (nSPS) is 14.5. The lowest BCUT2D eigenvalue weighted by atomic mass is 10.1. The van der Waals surface area contributed by atoms with Crippen molar-refractivity contribution in [1.82, 2.24) is 0 Å². The molecule has 0 aliphatic carbocycles. The van der Waals surface area contributed by atoms with Crippen molar-refractivity contribution in [3.63, 3.8) is 0 Å². The second-order valence-corrected chi connectivity index (χ2v) is 13.5. The number of fused-ring (bicyclic) bond motifs is 4. The van der Waals surface area contributed by atoms with Gasteiger partial charge in [-0.2, -0.15) is 0 Å². The van der Waals surface area contributed by atoms with E-state index in [9.17, 15) is 0 Å². The van der Waals surface area contributed by atoms with Gasteiger partial charge in [0, 0.05) is 6.42 Å². The number of hydrogen-bond acceptors (Lipinski definition) is 2. The number of para-hydroxylation sites is 4. The molecule has 0 saturated heterocycles. The zero-order valence-corrected chi connectivity index (χ0v) is 23.5. The molecule has 0 bridgehead atoms. The van der Waals surface area contributed by atoms with Crippen LogP contribution in [-0.2, 0) is 21.8 Å². The first-order chi connectivity index (χ1) is 18.8. The number of rotatable bonds is 9. The molecule has 0 saturated carbocycles. The number of benzene rings is 4. The summed E-state index contributed by atoms with van der Waals surface area (Å²) in [6.07, 6.45) is 8.85. The molecule has 192 valence electrons. The van der Waals surface area contributed by atoms with Crippen LogP contribution in [0.2, 0.25) is 0 Å². The lowest BCUT2D eigenvalue weighted by molar-refractivity contribution is 0.452. The van der Waals surface area contributed by atoms with Crippen molar-refractivity contribution >= 4 is 21.8 Å². The molecular weight excluding hydrogens is 505 g/mol. The Kier molecular flexibility index (Phi) is 7.80. The maximum absolute atomic E-state index is 6.39. The second kappa shape index (κ2) is 11.8. The molecule has 0 aromatic heterocycles. The molecular formula is C34H34O2S2+2. The molecule has 2 nitrogen and oxygen atoms in total. The van der Waals surface area contributed by atoms with Gasteiger partial charge in [0.25, 0.3) is 0 Å². The van der Waals surface area contributed by atoms with Gasteiger partial charge in [0.1, 0.15) is 21.8 Å². The first-order valence-electron chi connectivity index (χ1n) is 13.7. The third-order valence-corrected chi connectivity index (χ3v) is 11.7. The van der Waals surface area contributed by atoms with Gasteiger partial charge in [0.05, 0.1) is 0 Å². The zero-order chi connectivity index (χ0) is 25.7. The van der Waals surface area contributed by atoms with Crippen molar-refractivity contribution in [3.05, 3.63) is 107 Å². The molecule has 4 aromatic carbocycles. The van der Waals surface area contributed by atoms with E-state index in [2.05, 4.69) is 109 Å². The standard InChI is InChI=1S/C34H34O2S2/c1-2-3-4-5-6-7-16-26(38-33-23-14-10-19-29(33)36-30-20-11-15-24-34(30)38)25-37-31-21-12-8-17-27(31)35-28-18-9-13-22-32(28)37/h8-15,17-25H,2-7,16H2,1H3/q+2/b26-25+. The number of hydrogen-bond donors (Lipinski definition) is 0. The van der Waals surface area contributed by atoms with Crippen molar-refractivity contribution in [3.8, 4) is 23.0 Å². The molecule has 6 rings (SSSR count). The van der Waals surface area contributed by atoms with Crippen LogP contribution in [-0.4, -0.2) is 0 Å². The summed E-state index contributed by atoms with van der Waals surface area (Å²) in [5.74, 6) is 3.92. The summed E-state index contributed by atoms with van der Waals surface area (Å²) in [5, 5.41) is 2.59. The lowest BCUT2D eigenvalue weighted by Crippen LogP contribution is -2.16. The highest BCUT2D eigenvalue weighted by molar-refractivity contribution is 8.04. The quantitative estimate of drug-likeness (QED) is 0.156. The van der Waals surface area contributed by atoms with E-state index in [4.69, 9.17) is 9.47 Å². The summed E-state index contributed by atoms with van der Waals surface area (Å²) in [5.41, 5.74) is 0. The fourth-order valence-electron chi connectivity index (χ4n) is 5.14. The summed E-state index contributed by atoms with van der Waals surface area (Å²) < 4.78 is 12.7. The summed E-state index contributed by atoms with van der Waals surface area (Å²) in [6.45, 7) is 2.28. The van der Waals surface area contributed by atoms with E-state index >= 15 is 0 Å². The van der Waals surface area contributed by atoms with Crippen LogP contribution >= 0.6 is 0 Å². The Morgan fingerprint density at radius 3 is 1.50 bits per heavy atom. The fraction of sp³-hybridized carbons (Fsp3) is 0.235. The Balaban J connectivity index is 1.45. The zero-order valence-electron chi connectivity index (χ0n) is 21.9. The number of unbranched alkanes of at least 4 members (excludes halogenated alkanes) is 5. The molecule has 0 N–H and O–H groups in total. The van der Waals surface area contributed by atoms with Crippen molar-refractivity contribution in [2.24, 2.45) is 0 Å². The smallest absolute Gasteiger partial charge is 0.208 e. The molecule has 0 unspecified atom stereocenters. The molecule has 0 fully saturated rings. The van der Waals surface area contributed by atoms with Crippen LogP contribution in [0, 0.1) is 0 Å². The van der Waals surface area contributed by atoms with E-state index in [1.165, 1.54) is 63.0 Å². The molecule has 0 atom stereocenters. The monoisotopic (exact) mass is 538 g/mol. The van der Waals surface area contributed by atoms with Crippen molar-refractivity contribution in [1.29, 1.82) is 0 Å². The highest BCUT2D eigenvalue weighted by Gasteiger charge is 2.44.